The van der Waals surface area contributed by atoms with Crippen LogP contribution in [0.25, 0.3) is 0 Å². The Morgan fingerprint density at radius 2 is 0.736 bits per heavy atom. The summed E-state index contributed by atoms with van der Waals surface area (Å²) in [5, 5.41) is 3.06. The summed E-state index contributed by atoms with van der Waals surface area (Å²) in [6.45, 7) is 6.87. The number of nitrogens with one attached hydrogen (secondary N) is 1. The summed E-state index contributed by atoms with van der Waals surface area (Å²) in [7, 11) is 1.48. The molecule has 0 saturated heterocycles. The minimum Gasteiger partial charge on any atom is -0.456 e. The number of rotatable bonds is 65. The molecule has 0 saturated carbocycles. The van der Waals surface area contributed by atoms with Gasteiger partial charge in [0.1, 0.15) is 19.3 Å². The van der Waals surface area contributed by atoms with E-state index in [1.165, 1.54) is 167 Å². The Morgan fingerprint density at radius 3 is 1.13 bits per heavy atom. The molecule has 87 heavy (non-hydrogen) atoms. The standard InChI is InChI=1S/C77H137N2O7P/c1-7-10-13-16-19-22-25-27-29-31-33-35-37-38-39-40-42-44-46-48-50-52-55-58-61-64-67-70-77(81)86-75(68-65-62-59-56-53-24-21-18-15-12-9-3)74(73-85-87(82,83)84-72-71-79(4,5)6)78-76(80)69-66-63-60-57-54-51-49-47-45-43-41-36-34-32-30-28-26-23-20-17-14-11-8-2/h11,14,19-20,22-23,27-30,33-36,43,45,65,68,74-75H,7-10,12-13,15-18,21,24-26,31-32,37-42,44,46-64,66-67,69-73H2,1-6H3,(H-,78,80,82,83)/p+1/b14-11-,22-19-,23-20-,29-27-,30-28-,35-33-,36-34-,45-43-,68-65+. The van der Waals surface area contributed by atoms with Crippen molar-refractivity contribution >= 4 is 19.7 Å². The zero-order chi connectivity index (χ0) is 63.5. The number of hydrogen-bond acceptors (Lipinski definition) is 6. The van der Waals surface area contributed by atoms with Gasteiger partial charge in [-0.2, -0.15) is 0 Å². The second kappa shape index (κ2) is 65.6. The number of esters is 1. The van der Waals surface area contributed by atoms with Crippen molar-refractivity contribution in [2.75, 3.05) is 40.9 Å². The maximum absolute atomic E-state index is 13.6. The number of ether oxygens (including phenoxy) is 1. The second-order valence-electron chi connectivity index (χ2n) is 25.4. The molecule has 0 spiro atoms. The fourth-order valence-electron chi connectivity index (χ4n) is 10.2. The Balaban J connectivity index is 5.01. The number of phosphoric ester groups is 1. The zero-order valence-corrected chi connectivity index (χ0v) is 58.4. The van der Waals surface area contributed by atoms with Gasteiger partial charge in [-0.15, -0.1) is 0 Å². The number of hydrogen-bond donors (Lipinski definition) is 2. The van der Waals surface area contributed by atoms with Crippen molar-refractivity contribution in [3.05, 3.63) is 109 Å². The van der Waals surface area contributed by atoms with Crippen LogP contribution in [0, 0.1) is 0 Å². The molecule has 0 fully saturated rings. The number of likely N-dealkylation sites (N-methyl/N-ethyl adjacent to an activating group) is 1. The van der Waals surface area contributed by atoms with E-state index >= 15 is 0 Å². The van der Waals surface area contributed by atoms with Crippen LogP contribution in [0.2, 0.25) is 0 Å². The van der Waals surface area contributed by atoms with Crippen LogP contribution in [0.1, 0.15) is 316 Å². The lowest BCUT2D eigenvalue weighted by molar-refractivity contribution is -0.870. The SMILES string of the molecule is CC/C=C\C/C=C\C/C=C\C/C=C\C/C=C\CCCCCCCCCC(=O)NC(COP(=O)(O)OCC[N+](C)(C)C)C(/C=C/CCCCCCCCCCC)OC(=O)CCCCCCCCCCCCCCCC/C=C\C/C=C\C/C=C\CCCCC. The average molecular weight is 1230 g/mol. The Hall–Kier alpha value is -3.33. The van der Waals surface area contributed by atoms with Crippen molar-refractivity contribution < 1.29 is 37.3 Å². The second-order valence-corrected chi connectivity index (χ2v) is 26.8. The van der Waals surface area contributed by atoms with Crippen LogP contribution >= 0.6 is 7.82 Å². The van der Waals surface area contributed by atoms with Gasteiger partial charge in [0, 0.05) is 12.8 Å². The van der Waals surface area contributed by atoms with Gasteiger partial charge in [0.05, 0.1) is 33.8 Å². The van der Waals surface area contributed by atoms with Gasteiger partial charge in [0.15, 0.2) is 0 Å². The first kappa shape index (κ1) is 83.7. The van der Waals surface area contributed by atoms with Crippen molar-refractivity contribution in [2.45, 2.75) is 328 Å². The van der Waals surface area contributed by atoms with Gasteiger partial charge >= 0.3 is 13.8 Å². The highest BCUT2D eigenvalue weighted by Crippen LogP contribution is 2.43. The van der Waals surface area contributed by atoms with Crippen LogP contribution in [0.3, 0.4) is 0 Å². The summed E-state index contributed by atoms with van der Waals surface area (Å²) in [5.41, 5.74) is 0. The minimum absolute atomic E-state index is 0.0335. The molecule has 3 unspecified atom stereocenters. The first-order valence-electron chi connectivity index (χ1n) is 36.2. The molecule has 9 nitrogen and oxygen atoms in total. The number of unbranched alkanes of at least 4 members (excludes halogenated alkanes) is 33. The molecule has 0 bridgehead atoms. The molecule has 0 aliphatic heterocycles. The maximum atomic E-state index is 13.6. The van der Waals surface area contributed by atoms with E-state index in [-0.39, 0.29) is 31.5 Å². The molecule has 0 aromatic rings. The number of quaternary nitrogens is 1. The molecule has 2 N–H and O–H groups in total. The zero-order valence-electron chi connectivity index (χ0n) is 57.5. The monoisotopic (exact) mass is 1230 g/mol. The van der Waals surface area contributed by atoms with Crippen LogP contribution in [-0.4, -0.2) is 74.3 Å². The van der Waals surface area contributed by atoms with Gasteiger partial charge in [-0.3, -0.25) is 18.6 Å². The number of carbonyl (C=O) groups is 2. The van der Waals surface area contributed by atoms with Gasteiger partial charge in [0.2, 0.25) is 5.91 Å². The molecular formula is C77H138N2O7P+. The van der Waals surface area contributed by atoms with Crippen molar-refractivity contribution in [3.8, 4) is 0 Å². The Bertz CT molecular complexity index is 1860. The van der Waals surface area contributed by atoms with E-state index in [1.807, 2.05) is 33.3 Å². The highest BCUT2D eigenvalue weighted by atomic mass is 31.2. The lowest BCUT2D eigenvalue weighted by Crippen LogP contribution is -2.47. The van der Waals surface area contributed by atoms with E-state index in [2.05, 4.69) is 123 Å². The number of phosphoric acid groups is 1. The quantitative estimate of drug-likeness (QED) is 0.0205. The van der Waals surface area contributed by atoms with Crippen LogP contribution < -0.4 is 5.32 Å². The molecule has 1 amide bonds. The van der Waals surface area contributed by atoms with Crippen LogP contribution in [-0.2, 0) is 27.9 Å². The molecule has 0 aromatic carbocycles. The van der Waals surface area contributed by atoms with Crippen molar-refractivity contribution in [1.29, 1.82) is 0 Å². The average Bonchev–Trinajstić information content (AvgIpc) is 3.70. The molecule has 502 valence electrons. The molecule has 3 atom stereocenters. The van der Waals surface area contributed by atoms with Gasteiger partial charge < -0.3 is 19.4 Å². The molecule has 0 heterocycles. The first-order chi connectivity index (χ1) is 42.4. The largest absolute Gasteiger partial charge is 0.472 e. The molecule has 10 heteroatoms. The third-order valence-electron chi connectivity index (χ3n) is 15.7. The van der Waals surface area contributed by atoms with E-state index in [1.54, 1.807) is 0 Å². The highest BCUT2D eigenvalue weighted by Gasteiger charge is 2.30. The van der Waals surface area contributed by atoms with Crippen LogP contribution in [0.15, 0.2) is 109 Å². The summed E-state index contributed by atoms with van der Waals surface area (Å²) in [6.07, 6.45) is 91.0. The molecule has 0 radical (unpaired) electrons. The lowest BCUT2D eigenvalue weighted by atomic mass is 10.0. The van der Waals surface area contributed by atoms with E-state index in [9.17, 15) is 19.0 Å². The summed E-state index contributed by atoms with van der Waals surface area (Å²) in [6, 6.07) is -0.862. The lowest BCUT2D eigenvalue weighted by Gasteiger charge is -2.27. The summed E-state index contributed by atoms with van der Waals surface area (Å²) in [4.78, 5) is 37.9. The number of carbonyl (C=O) groups excluding carboxylic acids is 2. The maximum Gasteiger partial charge on any atom is 0.472 e. The molecule has 0 rings (SSSR count). The Labute approximate surface area is 538 Å². The van der Waals surface area contributed by atoms with Crippen LogP contribution in [0.5, 0.6) is 0 Å². The highest BCUT2D eigenvalue weighted by molar-refractivity contribution is 7.47. The van der Waals surface area contributed by atoms with Gasteiger partial charge in [0.25, 0.3) is 0 Å². The Morgan fingerprint density at radius 1 is 0.414 bits per heavy atom. The molecule has 0 aromatic heterocycles. The van der Waals surface area contributed by atoms with Gasteiger partial charge in [-0.1, -0.05) is 297 Å². The molecule has 0 aliphatic carbocycles. The normalized spacial score (nSPS) is 14.1. The van der Waals surface area contributed by atoms with Crippen LogP contribution in [0.4, 0.5) is 0 Å². The van der Waals surface area contributed by atoms with Crippen molar-refractivity contribution in [2.24, 2.45) is 0 Å². The summed E-state index contributed by atoms with van der Waals surface area (Å²) >= 11 is 0. The topological polar surface area (TPSA) is 111 Å². The van der Waals surface area contributed by atoms with E-state index in [0.717, 1.165) is 116 Å². The number of allylic oxidation sites excluding steroid dienone is 17. The fourth-order valence-corrected chi connectivity index (χ4v) is 10.9. The summed E-state index contributed by atoms with van der Waals surface area (Å²) in [5.74, 6) is -0.517. The number of amides is 1. The first-order valence-corrected chi connectivity index (χ1v) is 37.7. The van der Waals surface area contributed by atoms with E-state index < -0.39 is 20.0 Å². The smallest absolute Gasteiger partial charge is 0.456 e. The predicted molar refractivity (Wildman–Crippen MR) is 378 cm³/mol. The predicted octanol–water partition coefficient (Wildman–Crippen LogP) is 23.2. The third-order valence-corrected chi connectivity index (χ3v) is 16.7. The molecular weight excluding hydrogens is 1100 g/mol. The third kappa shape index (κ3) is 66.9. The van der Waals surface area contributed by atoms with Gasteiger partial charge in [-0.05, 0) is 115 Å². The van der Waals surface area contributed by atoms with E-state index in [0.29, 0.717) is 17.4 Å². The van der Waals surface area contributed by atoms with Crippen molar-refractivity contribution in [1.82, 2.24) is 5.32 Å². The molecule has 0 aliphatic rings. The number of nitrogens with zero attached hydrogens (tertiary/aromatic N) is 1. The Kier molecular flexibility index (Phi) is 63.1. The minimum atomic E-state index is -4.46. The van der Waals surface area contributed by atoms with Crippen molar-refractivity contribution in [3.63, 3.8) is 0 Å². The fraction of sp³-hybridized carbons (Fsp3) is 0.740. The summed E-state index contributed by atoms with van der Waals surface area (Å²) < 4.78 is 30.8. The van der Waals surface area contributed by atoms with Gasteiger partial charge in [-0.25, -0.2) is 4.57 Å². The van der Waals surface area contributed by atoms with E-state index in [4.69, 9.17) is 13.8 Å².